The summed E-state index contributed by atoms with van der Waals surface area (Å²) in [6, 6.07) is 14.6. The number of para-hydroxylation sites is 1. The monoisotopic (exact) mass is 437 g/mol. The number of carbonyl (C=O) groups is 1. The summed E-state index contributed by atoms with van der Waals surface area (Å²) in [4.78, 5) is 11.8. The van der Waals surface area contributed by atoms with E-state index in [9.17, 15) is 19.4 Å². The number of rotatable bonds is 10. The van der Waals surface area contributed by atoms with Crippen LogP contribution in [0.1, 0.15) is 58.2 Å². The van der Waals surface area contributed by atoms with Gasteiger partial charge in [-0.15, -0.1) is 0 Å². The van der Waals surface area contributed by atoms with E-state index in [4.69, 9.17) is 0 Å². The molecule has 1 heterocycles. The Bertz CT molecular complexity index is 1080. The summed E-state index contributed by atoms with van der Waals surface area (Å²) < 4.78 is 15.8. The predicted molar refractivity (Wildman–Crippen MR) is 128 cm³/mol. The third-order valence-electron chi connectivity index (χ3n) is 5.58. The summed E-state index contributed by atoms with van der Waals surface area (Å²) in [5.74, 6) is -0.282. The lowest BCUT2D eigenvalue weighted by Gasteiger charge is -2.15. The Labute approximate surface area is 189 Å². The van der Waals surface area contributed by atoms with E-state index in [2.05, 4.69) is 24.5 Å². The summed E-state index contributed by atoms with van der Waals surface area (Å²) >= 11 is 0. The van der Waals surface area contributed by atoms with Gasteiger partial charge in [-0.1, -0.05) is 43.3 Å². The van der Waals surface area contributed by atoms with Crippen molar-refractivity contribution in [3.8, 4) is 11.1 Å². The van der Waals surface area contributed by atoms with Crippen LogP contribution in [0.25, 0.3) is 28.1 Å². The van der Waals surface area contributed by atoms with Gasteiger partial charge in [-0.3, -0.25) is 4.79 Å². The van der Waals surface area contributed by atoms with Crippen molar-refractivity contribution in [1.82, 2.24) is 4.57 Å². The maximum atomic E-state index is 13.6. The van der Waals surface area contributed by atoms with Gasteiger partial charge in [0.2, 0.25) is 0 Å². The zero-order valence-electron chi connectivity index (χ0n) is 19.0. The third kappa shape index (κ3) is 5.53. The van der Waals surface area contributed by atoms with Gasteiger partial charge in [0.15, 0.2) is 0 Å². The fourth-order valence-electron chi connectivity index (χ4n) is 4.21. The van der Waals surface area contributed by atoms with Crippen molar-refractivity contribution in [3.05, 3.63) is 66.1 Å². The Morgan fingerprint density at radius 3 is 2.44 bits per heavy atom. The SMILES string of the molecule is CCCC(=O)CC(O)CC(O)/C=C/c1c(-c2ccc(F)cc2)c2ccccc2n1C(C)C. The maximum absolute atomic E-state index is 13.6. The fraction of sp³-hybridized carbons (Fsp3) is 0.370. The van der Waals surface area contributed by atoms with E-state index < -0.39 is 12.2 Å². The van der Waals surface area contributed by atoms with Crippen molar-refractivity contribution in [2.24, 2.45) is 0 Å². The Morgan fingerprint density at radius 1 is 1.09 bits per heavy atom. The first-order valence-electron chi connectivity index (χ1n) is 11.3. The van der Waals surface area contributed by atoms with E-state index in [-0.39, 0.29) is 30.5 Å². The number of Topliss-reactive ketones (excluding diaryl/α,β-unsaturated/α-hetero) is 1. The first kappa shape index (κ1) is 23.9. The molecule has 0 aliphatic carbocycles. The van der Waals surface area contributed by atoms with E-state index >= 15 is 0 Å². The molecule has 3 aromatic rings. The van der Waals surface area contributed by atoms with Crippen molar-refractivity contribution < 1.29 is 19.4 Å². The third-order valence-corrected chi connectivity index (χ3v) is 5.58. The van der Waals surface area contributed by atoms with Crippen molar-refractivity contribution in [2.45, 2.75) is 64.7 Å². The molecule has 0 aliphatic rings. The lowest BCUT2D eigenvalue weighted by Crippen LogP contribution is -2.19. The Hall–Kier alpha value is -2.76. The molecular formula is C27H32FNO3. The molecule has 2 atom stereocenters. The van der Waals surface area contributed by atoms with E-state index in [1.54, 1.807) is 18.2 Å². The molecule has 0 spiro atoms. The largest absolute Gasteiger partial charge is 0.393 e. The van der Waals surface area contributed by atoms with Crippen LogP contribution in [-0.4, -0.2) is 32.8 Å². The minimum absolute atomic E-state index is 0.00899. The van der Waals surface area contributed by atoms with Crippen LogP contribution in [-0.2, 0) is 4.79 Å². The predicted octanol–water partition coefficient (Wildman–Crippen LogP) is 5.91. The average molecular weight is 438 g/mol. The molecule has 2 aromatic carbocycles. The van der Waals surface area contributed by atoms with Gasteiger partial charge in [0.1, 0.15) is 11.6 Å². The summed E-state index contributed by atoms with van der Waals surface area (Å²) in [6.07, 6.45) is 3.11. The molecular weight excluding hydrogens is 405 g/mol. The van der Waals surface area contributed by atoms with E-state index in [1.807, 2.05) is 31.2 Å². The summed E-state index contributed by atoms with van der Waals surface area (Å²) in [5.41, 5.74) is 3.82. The number of hydrogen-bond acceptors (Lipinski definition) is 3. The van der Waals surface area contributed by atoms with Crippen molar-refractivity contribution in [1.29, 1.82) is 0 Å². The molecule has 0 aliphatic heterocycles. The van der Waals surface area contributed by atoms with E-state index in [1.165, 1.54) is 12.1 Å². The summed E-state index contributed by atoms with van der Waals surface area (Å²) in [5, 5.41) is 21.7. The van der Waals surface area contributed by atoms with Gasteiger partial charge in [0.05, 0.1) is 12.2 Å². The lowest BCUT2D eigenvalue weighted by molar-refractivity contribution is -0.121. The summed E-state index contributed by atoms with van der Waals surface area (Å²) in [7, 11) is 0. The van der Waals surface area contributed by atoms with Crippen molar-refractivity contribution in [2.75, 3.05) is 0 Å². The van der Waals surface area contributed by atoms with Gasteiger partial charge >= 0.3 is 0 Å². The molecule has 5 heteroatoms. The van der Waals surface area contributed by atoms with Crippen LogP contribution in [0.15, 0.2) is 54.6 Å². The highest BCUT2D eigenvalue weighted by Gasteiger charge is 2.19. The quantitative estimate of drug-likeness (QED) is 0.414. The second kappa shape index (κ2) is 10.7. The number of aliphatic hydroxyl groups is 2. The molecule has 0 saturated carbocycles. The highest BCUT2D eigenvalue weighted by Crippen LogP contribution is 2.38. The molecule has 170 valence electrons. The van der Waals surface area contributed by atoms with Gasteiger partial charge in [-0.05, 0) is 50.1 Å². The van der Waals surface area contributed by atoms with Crippen molar-refractivity contribution in [3.63, 3.8) is 0 Å². The number of carbonyl (C=O) groups excluding carboxylic acids is 1. The average Bonchev–Trinajstić information content (AvgIpc) is 3.07. The van der Waals surface area contributed by atoms with Crippen LogP contribution in [0.3, 0.4) is 0 Å². The number of nitrogens with zero attached hydrogens (tertiary/aromatic N) is 1. The Morgan fingerprint density at radius 2 is 1.78 bits per heavy atom. The van der Waals surface area contributed by atoms with Crippen LogP contribution >= 0.6 is 0 Å². The topological polar surface area (TPSA) is 62.5 Å². The smallest absolute Gasteiger partial charge is 0.135 e. The van der Waals surface area contributed by atoms with Gasteiger partial charge in [-0.25, -0.2) is 4.39 Å². The molecule has 0 fully saturated rings. The number of benzene rings is 2. The Balaban J connectivity index is 1.97. The molecule has 32 heavy (non-hydrogen) atoms. The molecule has 0 radical (unpaired) electrons. The molecule has 0 bridgehead atoms. The van der Waals surface area contributed by atoms with Crippen LogP contribution < -0.4 is 0 Å². The second-order valence-corrected chi connectivity index (χ2v) is 8.56. The molecule has 3 rings (SSSR count). The number of fused-ring (bicyclic) bond motifs is 1. The Kier molecular flexibility index (Phi) is 7.99. The first-order valence-corrected chi connectivity index (χ1v) is 11.3. The van der Waals surface area contributed by atoms with Gasteiger partial charge in [0, 0.05) is 47.5 Å². The number of ketones is 1. The molecule has 1 aromatic heterocycles. The number of aromatic nitrogens is 1. The van der Waals surface area contributed by atoms with Crippen LogP contribution in [0.2, 0.25) is 0 Å². The highest BCUT2D eigenvalue weighted by molar-refractivity contribution is 6.01. The molecule has 0 saturated heterocycles. The number of hydrogen-bond donors (Lipinski definition) is 2. The van der Waals surface area contributed by atoms with Crippen LogP contribution in [0.4, 0.5) is 4.39 Å². The van der Waals surface area contributed by atoms with Gasteiger partial charge in [0.25, 0.3) is 0 Å². The van der Waals surface area contributed by atoms with Crippen LogP contribution in [0, 0.1) is 5.82 Å². The lowest BCUT2D eigenvalue weighted by atomic mass is 10.0. The molecule has 0 amide bonds. The zero-order chi connectivity index (χ0) is 23.3. The number of halogens is 1. The minimum atomic E-state index is -0.890. The zero-order valence-corrected chi connectivity index (χ0v) is 19.0. The fourth-order valence-corrected chi connectivity index (χ4v) is 4.21. The van der Waals surface area contributed by atoms with Gasteiger partial charge in [-0.2, -0.15) is 0 Å². The standard InChI is InChI=1S/C27H32FNO3/c1-4-7-21(30)16-23(32)17-22(31)14-15-26-27(19-10-12-20(28)13-11-19)24-8-5-6-9-25(24)29(26)18(2)3/h5-6,8-15,18,22-23,31-32H,4,7,16-17H2,1-3H3/b15-14+. The highest BCUT2D eigenvalue weighted by atomic mass is 19.1. The normalized spacial score (nSPS) is 13.8. The second-order valence-electron chi connectivity index (χ2n) is 8.56. The van der Waals surface area contributed by atoms with Crippen molar-refractivity contribution >= 4 is 22.8 Å². The van der Waals surface area contributed by atoms with Crippen LogP contribution in [0.5, 0.6) is 0 Å². The maximum Gasteiger partial charge on any atom is 0.135 e. The van der Waals surface area contributed by atoms with E-state index in [0.717, 1.165) is 34.1 Å². The molecule has 2 unspecified atom stereocenters. The van der Waals surface area contributed by atoms with Gasteiger partial charge < -0.3 is 14.8 Å². The summed E-state index contributed by atoms with van der Waals surface area (Å²) in [6.45, 7) is 6.11. The first-order chi connectivity index (χ1) is 15.3. The molecule has 2 N–H and O–H groups in total. The molecule has 4 nitrogen and oxygen atoms in total. The number of aliphatic hydroxyl groups excluding tert-OH is 2. The van der Waals surface area contributed by atoms with E-state index in [0.29, 0.717) is 6.42 Å². The minimum Gasteiger partial charge on any atom is -0.393 e.